The average molecular weight is 468 g/mol. The van der Waals surface area contributed by atoms with Crippen LogP contribution in [-0.2, 0) is 21.2 Å². The molecule has 5 rings (SSSR count). The van der Waals surface area contributed by atoms with Crippen molar-refractivity contribution in [1.29, 1.82) is 5.26 Å². The SMILES string of the molecule is [B]C([B])([B])n1c(=O)oc2ccc(-c3ccc(CC(C#N)NC(=O)C4CC5COCC5N4)s3)cc21. The number of rotatable bonds is 6. The summed E-state index contributed by atoms with van der Waals surface area (Å²) in [6.07, 6.45) is 1.10. The number of fused-ring (bicyclic) bond motifs is 2. The van der Waals surface area contributed by atoms with Gasteiger partial charge in [0.1, 0.15) is 6.04 Å². The van der Waals surface area contributed by atoms with E-state index in [4.69, 9.17) is 32.7 Å². The summed E-state index contributed by atoms with van der Waals surface area (Å²) in [5.41, 5.74) is 1.51. The molecule has 34 heavy (non-hydrogen) atoms. The summed E-state index contributed by atoms with van der Waals surface area (Å²) in [5.74, 6) is -0.551. The number of nitrogens with zero attached hydrogens (tertiary/aromatic N) is 2. The van der Waals surface area contributed by atoms with Crippen LogP contribution >= 0.6 is 11.3 Å². The van der Waals surface area contributed by atoms with E-state index in [1.807, 2.05) is 18.2 Å². The highest BCUT2D eigenvalue weighted by Crippen LogP contribution is 2.32. The Balaban J connectivity index is 1.30. The number of carbonyl (C=O) groups excluding carboxylic acids is 1. The van der Waals surface area contributed by atoms with Crippen molar-refractivity contribution in [1.82, 2.24) is 15.2 Å². The summed E-state index contributed by atoms with van der Waals surface area (Å²) in [4.78, 5) is 26.6. The predicted octanol–water partition coefficient (Wildman–Crippen LogP) is 0.324. The first-order chi connectivity index (χ1) is 16.2. The molecule has 4 heterocycles. The fourth-order valence-corrected chi connectivity index (χ4v) is 5.66. The minimum Gasteiger partial charge on any atom is -0.408 e. The molecule has 1 aromatic carbocycles. The Hall–Kier alpha value is -2.74. The molecule has 1 amide bonds. The lowest BCUT2D eigenvalue weighted by atomic mass is 9.49. The number of benzene rings is 1. The normalized spacial score (nSPS) is 23.0. The molecule has 8 nitrogen and oxygen atoms in total. The van der Waals surface area contributed by atoms with Gasteiger partial charge in [0.25, 0.3) is 0 Å². The van der Waals surface area contributed by atoms with Gasteiger partial charge in [-0.2, -0.15) is 5.26 Å². The Morgan fingerprint density at radius 1 is 1.32 bits per heavy atom. The number of amides is 1. The first-order valence-corrected chi connectivity index (χ1v) is 11.7. The number of ether oxygens (including phenoxy) is 1. The quantitative estimate of drug-likeness (QED) is 0.505. The summed E-state index contributed by atoms with van der Waals surface area (Å²) >= 11 is 1.48. The van der Waals surface area contributed by atoms with Gasteiger partial charge >= 0.3 is 5.76 Å². The second-order valence-corrected chi connectivity index (χ2v) is 9.96. The molecular weight excluding hydrogens is 449 g/mol. The van der Waals surface area contributed by atoms with E-state index in [1.54, 1.807) is 12.1 Å². The molecule has 2 saturated heterocycles. The smallest absolute Gasteiger partial charge is 0.408 e. The molecule has 2 fully saturated rings. The lowest BCUT2D eigenvalue weighted by molar-refractivity contribution is -0.123. The topological polar surface area (TPSA) is 109 Å². The number of carbonyl (C=O) groups is 1. The Bertz CT molecular complexity index is 1330. The molecule has 0 saturated carbocycles. The zero-order valence-corrected chi connectivity index (χ0v) is 19.0. The molecule has 3 aromatic rings. The largest absolute Gasteiger partial charge is 0.418 e. The van der Waals surface area contributed by atoms with Crippen molar-refractivity contribution in [2.24, 2.45) is 5.92 Å². The Kier molecular flexibility index (Phi) is 5.96. The van der Waals surface area contributed by atoms with Crippen molar-refractivity contribution in [3.63, 3.8) is 0 Å². The van der Waals surface area contributed by atoms with Crippen LogP contribution < -0.4 is 16.4 Å². The molecule has 4 unspecified atom stereocenters. The van der Waals surface area contributed by atoms with Crippen molar-refractivity contribution in [2.75, 3.05) is 13.2 Å². The first-order valence-electron chi connectivity index (χ1n) is 10.9. The van der Waals surface area contributed by atoms with Crippen molar-refractivity contribution in [3.8, 4) is 16.5 Å². The lowest BCUT2D eigenvalue weighted by Crippen LogP contribution is -2.47. The molecule has 166 valence electrons. The van der Waals surface area contributed by atoms with Crippen LogP contribution in [0.25, 0.3) is 21.5 Å². The van der Waals surface area contributed by atoms with Crippen LogP contribution in [0.1, 0.15) is 11.3 Å². The molecule has 0 bridgehead atoms. The van der Waals surface area contributed by atoms with E-state index in [1.165, 1.54) is 11.3 Å². The van der Waals surface area contributed by atoms with Crippen molar-refractivity contribution < 1.29 is 13.9 Å². The van der Waals surface area contributed by atoms with Gasteiger partial charge < -0.3 is 19.8 Å². The van der Waals surface area contributed by atoms with E-state index >= 15 is 0 Å². The molecule has 12 heteroatoms. The van der Waals surface area contributed by atoms with E-state index in [-0.39, 0.29) is 18.0 Å². The Morgan fingerprint density at radius 2 is 2.15 bits per heavy atom. The second kappa shape index (κ2) is 8.80. The zero-order valence-electron chi connectivity index (χ0n) is 18.2. The van der Waals surface area contributed by atoms with Crippen LogP contribution in [0.5, 0.6) is 0 Å². The van der Waals surface area contributed by atoms with E-state index in [0.717, 1.165) is 26.3 Å². The van der Waals surface area contributed by atoms with Gasteiger partial charge in [0.2, 0.25) is 5.91 Å². The maximum Gasteiger partial charge on any atom is 0.418 e. The van der Waals surface area contributed by atoms with Crippen LogP contribution in [0.3, 0.4) is 0 Å². The lowest BCUT2D eigenvalue weighted by Gasteiger charge is -2.21. The number of aromatic nitrogens is 1. The molecular formula is C22H19B3N4O4S. The average Bonchev–Trinajstić information content (AvgIpc) is 3.53. The highest BCUT2D eigenvalue weighted by atomic mass is 32.1. The van der Waals surface area contributed by atoms with Gasteiger partial charge in [-0.25, -0.2) is 4.79 Å². The van der Waals surface area contributed by atoms with E-state index in [2.05, 4.69) is 16.7 Å². The van der Waals surface area contributed by atoms with Gasteiger partial charge in [-0.15, -0.1) is 11.3 Å². The molecule has 6 radical (unpaired) electrons. The number of nitriles is 1. The summed E-state index contributed by atoms with van der Waals surface area (Å²) in [7, 11) is 17.2. The van der Waals surface area contributed by atoms with Gasteiger partial charge in [0.15, 0.2) is 5.58 Å². The minimum atomic E-state index is -1.90. The molecule has 2 aliphatic rings. The monoisotopic (exact) mass is 468 g/mol. The zero-order chi connectivity index (χ0) is 24.0. The van der Waals surface area contributed by atoms with E-state index < -0.39 is 17.0 Å². The Labute approximate surface area is 203 Å². The fraction of sp³-hybridized carbons (Fsp3) is 0.409. The standard InChI is InChI=1S/C22H19B3N4O4S/c23-22(24,25)29-17-6-11(1-3-18(17)33-21(29)31)19-4-2-14(34-19)7-13(8-26)27-20(30)15-5-12-9-32-10-16(12)28-15/h1-4,6,12-13,15-16,28H,5,7,9-10H2,(H,27,30). The van der Waals surface area contributed by atoms with Crippen LogP contribution in [0.4, 0.5) is 0 Å². The molecule has 0 aliphatic carbocycles. The van der Waals surface area contributed by atoms with E-state index in [0.29, 0.717) is 36.7 Å². The van der Waals surface area contributed by atoms with Gasteiger partial charge in [-0.05, 0) is 42.3 Å². The Morgan fingerprint density at radius 3 is 2.88 bits per heavy atom. The summed E-state index contributed by atoms with van der Waals surface area (Å²) in [5, 5.41) is 13.9. The van der Waals surface area contributed by atoms with Crippen LogP contribution in [0.15, 0.2) is 39.5 Å². The minimum absolute atomic E-state index is 0.157. The highest BCUT2D eigenvalue weighted by molar-refractivity contribution is 7.15. The van der Waals surface area contributed by atoms with Crippen LogP contribution in [-0.4, -0.2) is 65.4 Å². The predicted molar refractivity (Wildman–Crippen MR) is 130 cm³/mol. The third-order valence-corrected chi connectivity index (χ3v) is 7.42. The number of hydrogen-bond acceptors (Lipinski definition) is 7. The van der Waals surface area contributed by atoms with Gasteiger partial charge in [0, 0.05) is 28.1 Å². The number of oxazole rings is 1. The van der Waals surface area contributed by atoms with Gasteiger partial charge in [0.05, 0.1) is 54.4 Å². The summed E-state index contributed by atoms with van der Waals surface area (Å²) in [6, 6.07) is 10.5. The van der Waals surface area contributed by atoms with Crippen molar-refractivity contribution in [2.45, 2.75) is 36.2 Å². The van der Waals surface area contributed by atoms with Crippen molar-refractivity contribution in [3.05, 3.63) is 45.8 Å². The summed E-state index contributed by atoms with van der Waals surface area (Å²) in [6.45, 7) is 1.29. The third kappa shape index (κ3) is 4.36. The number of thiophene rings is 1. The molecule has 2 aliphatic heterocycles. The van der Waals surface area contributed by atoms with E-state index in [9.17, 15) is 14.9 Å². The maximum atomic E-state index is 12.7. The van der Waals surface area contributed by atoms with Gasteiger partial charge in [-0.1, -0.05) is 5.24 Å². The summed E-state index contributed by atoms with van der Waals surface area (Å²) < 4.78 is 11.6. The first kappa shape index (κ1) is 23.0. The number of nitrogens with one attached hydrogen (secondary N) is 2. The molecule has 2 aromatic heterocycles. The molecule has 4 atom stereocenters. The fourth-order valence-electron chi connectivity index (χ4n) is 4.61. The third-order valence-electron chi connectivity index (χ3n) is 6.26. The second-order valence-electron chi connectivity index (χ2n) is 8.79. The highest BCUT2D eigenvalue weighted by Gasteiger charge is 2.41. The maximum absolute atomic E-state index is 12.7. The van der Waals surface area contributed by atoms with Crippen LogP contribution in [0.2, 0.25) is 0 Å². The van der Waals surface area contributed by atoms with Crippen LogP contribution in [0, 0.1) is 17.2 Å². The number of hydrogen-bond donors (Lipinski definition) is 2. The van der Waals surface area contributed by atoms with Gasteiger partial charge in [-0.3, -0.25) is 9.36 Å². The van der Waals surface area contributed by atoms with Crippen molar-refractivity contribution >= 4 is 51.9 Å². The molecule has 0 spiro atoms. The molecule has 2 N–H and O–H groups in total.